The predicted octanol–water partition coefficient (Wildman–Crippen LogP) is 3.51. The molecule has 3 heterocycles. The number of carbonyl (C=O) groups excluding carboxylic acids is 2. The van der Waals surface area contributed by atoms with Crippen LogP contribution in [0.5, 0.6) is 11.5 Å². The van der Waals surface area contributed by atoms with Crippen molar-refractivity contribution in [3.8, 4) is 11.5 Å². The number of Topliss-reactive ketones (excluding diaryl/α,β-unsaturated/α-hetero) is 1. The first-order valence-electron chi connectivity index (χ1n) is 12.2. The molecule has 1 fully saturated rings. The van der Waals surface area contributed by atoms with Crippen LogP contribution in [0, 0.1) is 6.92 Å². The molecule has 36 heavy (non-hydrogen) atoms. The van der Waals surface area contributed by atoms with Gasteiger partial charge in [-0.15, -0.1) is 0 Å². The van der Waals surface area contributed by atoms with Gasteiger partial charge >= 0.3 is 0 Å². The molecule has 9 nitrogen and oxygen atoms in total. The number of amides is 1. The molecule has 1 aromatic carbocycles. The molecule has 0 saturated carbocycles. The van der Waals surface area contributed by atoms with Gasteiger partial charge in [0.15, 0.2) is 17.3 Å². The maximum atomic E-state index is 13.4. The molecule has 2 aromatic heterocycles. The molecule has 9 heteroatoms. The van der Waals surface area contributed by atoms with E-state index < -0.39 is 17.7 Å². The van der Waals surface area contributed by atoms with E-state index in [0.29, 0.717) is 42.3 Å². The number of pyridine rings is 1. The van der Waals surface area contributed by atoms with Gasteiger partial charge in [-0.3, -0.25) is 14.0 Å². The van der Waals surface area contributed by atoms with Crippen LogP contribution in [0.3, 0.4) is 0 Å². The number of aliphatic hydroxyl groups is 1. The van der Waals surface area contributed by atoms with Crippen LogP contribution in [0.1, 0.15) is 43.8 Å². The van der Waals surface area contributed by atoms with Gasteiger partial charge in [0, 0.05) is 19.3 Å². The number of phenolic OH excluding ortho intramolecular Hbond substituents is 1. The molecule has 0 bridgehead atoms. The maximum absolute atomic E-state index is 13.4. The summed E-state index contributed by atoms with van der Waals surface area (Å²) in [6.07, 6.45) is 1.75. The number of fused-ring (bicyclic) bond motifs is 1. The highest BCUT2D eigenvalue weighted by Gasteiger charge is 2.46. The van der Waals surface area contributed by atoms with E-state index in [4.69, 9.17) is 4.74 Å². The molecule has 0 aliphatic carbocycles. The second-order valence-corrected chi connectivity index (χ2v) is 8.65. The second kappa shape index (κ2) is 10.4. The lowest BCUT2D eigenvalue weighted by atomic mass is 9.96. The quantitative estimate of drug-likeness (QED) is 0.267. The normalized spacial score (nSPS) is 17.5. The Morgan fingerprint density at radius 3 is 2.58 bits per heavy atom. The van der Waals surface area contributed by atoms with Gasteiger partial charge < -0.3 is 24.7 Å². The zero-order chi connectivity index (χ0) is 26.0. The van der Waals surface area contributed by atoms with E-state index in [0.717, 1.165) is 13.1 Å². The first-order valence-corrected chi connectivity index (χ1v) is 12.2. The number of nitrogens with zero attached hydrogens (tertiary/aromatic N) is 4. The van der Waals surface area contributed by atoms with Gasteiger partial charge in [0.25, 0.3) is 11.7 Å². The van der Waals surface area contributed by atoms with E-state index in [2.05, 4.69) is 9.88 Å². The highest BCUT2D eigenvalue weighted by Crippen LogP contribution is 2.42. The molecule has 1 saturated heterocycles. The SMILES string of the molecule is CCOc1cc(C2C(=C(O)c3c(C)nc4ccccn34)C(=O)C(=O)N2CCN(CC)CC)ccc1O. The number of phenols is 1. The number of ether oxygens (including phenoxy) is 1. The van der Waals surface area contributed by atoms with Crippen LogP contribution in [0.25, 0.3) is 11.4 Å². The summed E-state index contributed by atoms with van der Waals surface area (Å²) in [6.45, 7) is 10.4. The number of likely N-dealkylation sites (N-methyl/N-ethyl adjacent to an activating group) is 1. The van der Waals surface area contributed by atoms with Crippen molar-refractivity contribution >= 4 is 23.1 Å². The van der Waals surface area contributed by atoms with Crippen molar-refractivity contribution in [1.29, 1.82) is 0 Å². The van der Waals surface area contributed by atoms with Crippen molar-refractivity contribution in [2.45, 2.75) is 33.7 Å². The van der Waals surface area contributed by atoms with E-state index in [9.17, 15) is 19.8 Å². The molecule has 0 radical (unpaired) electrons. The fraction of sp³-hybridized carbons (Fsp3) is 0.370. The molecule has 190 valence electrons. The van der Waals surface area contributed by atoms with Gasteiger partial charge in [-0.25, -0.2) is 4.98 Å². The molecular formula is C27H32N4O5. The Bertz CT molecular complexity index is 1320. The van der Waals surface area contributed by atoms with Crippen LogP contribution < -0.4 is 4.74 Å². The summed E-state index contributed by atoms with van der Waals surface area (Å²) in [5, 5.41) is 21.8. The zero-order valence-electron chi connectivity index (χ0n) is 21.1. The summed E-state index contributed by atoms with van der Waals surface area (Å²) in [5.41, 5.74) is 2.06. The summed E-state index contributed by atoms with van der Waals surface area (Å²) in [4.78, 5) is 34.9. The lowest BCUT2D eigenvalue weighted by Gasteiger charge is -2.28. The minimum absolute atomic E-state index is 0.0126. The Labute approximate surface area is 210 Å². The standard InChI is InChI=1S/C27H32N4O5/c1-5-29(6-2)14-15-31-24(18-11-12-19(32)20(16-18)36-7-3)22(26(34)27(31)35)25(33)23-17(4)28-21-10-8-9-13-30(21)23/h8-13,16,24,32-33H,5-7,14-15H2,1-4H3. The van der Waals surface area contributed by atoms with Crippen LogP contribution in [0.15, 0.2) is 48.2 Å². The maximum Gasteiger partial charge on any atom is 0.295 e. The first kappa shape index (κ1) is 25.2. The van der Waals surface area contributed by atoms with Crippen LogP contribution >= 0.6 is 0 Å². The summed E-state index contributed by atoms with van der Waals surface area (Å²) < 4.78 is 7.27. The molecule has 1 aliphatic rings. The average Bonchev–Trinajstić information content (AvgIpc) is 3.34. The Hall–Kier alpha value is -3.85. The van der Waals surface area contributed by atoms with Gasteiger partial charge in [-0.2, -0.15) is 0 Å². The third-order valence-electron chi connectivity index (χ3n) is 6.62. The molecular weight excluding hydrogens is 460 g/mol. The number of hydrogen-bond acceptors (Lipinski definition) is 7. The Kier molecular flexibility index (Phi) is 7.30. The monoisotopic (exact) mass is 492 g/mol. The summed E-state index contributed by atoms with van der Waals surface area (Å²) in [7, 11) is 0. The number of aliphatic hydroxyl groups excluding tert-OH is 1. The minimum atomic E-state index is -0.853. The van der Waals surface area contributed by atoms with E-state index in [1.54, 1.807) is 48.7 Å². The molecule has 1 amide bonds. The van der Waals surface area contributed by atoms with Crippen LogP contribution in [0.2, 0.25) is 0 Å². The topological polar surface area (TPSA) is 108 Å². The lowest BCUT2D eigenvalue weighted by molar-refractivity contribution is -0.140. The van der Waals surface area contributed by atoms with Crippen molar-refractivity contribution in [1.82, 2.24) is 19.2 Å². The number of benzene rings is 1. The Morgan fingerprint density at radius 1 is 1.14 bits per heavy atom. The molecule has 1 aliphatic heterocycles. The summed E-state index contributed by atoms with van der Waals surface area (Å²) in [6, 6.07) is 9.34. The number of carbonyl (C=O) groups is 2. The fourth-order valence-electron chi connectivity index (χ4n) is 4.74. The van der Waals surface area contributed by atoms with Crippen molar-refractivity contribution in [2.75, 3.05) is 32.8 Å². The predicted molar refractivity (Wildman–Crippen MR) is 136 cm³/mol. The van der Waals surface area contributed by atoms with E-state index in [1.807, 2.05) is 19.9 Å². The smallest absolute Gasteiger partial charge is 0.295 e. The summed E-state index contributed by atoms with van der Waals surface area (Å²) >= 11 is 0. The van der Waals surface area contributed by atoms with E-state index >= 15 is 0 Å². The van der Waals surface area contributed by atoms with Gasteiger partial charge in [-0.1, -0.05) is 26.0 Å². The van der Waals surface area contributed by atoms with E-state index in [1.165, 1.54) is 11.0 Å². The highest BCUT2D eigenvalue weighted by atomic mass is 16.5. The van der Waals surface area contributed by atoms with Crippen molar-refractivity contribution in [2.24, 2.45) is 0 Å². The number of aromatic hydroxyl groups is 1. The molecule has 1 atom stereocenters. The van der Waals surface area contributed by atoms with Crippen molar-refractivity contribution in [3.63, 3.8) is 0 Å². The van der Waals surface area contributed by atoms with Crippen LogP contribution in [-0.4, -0.2) is 73.9 Å². The van der Waals surface area contributed by atoms with Crippen molar-refractivity contribution in [3.05, 3.63) is 65.1 Å². The van der Waals surface area contributed by atoms with Crippen molar-refractivity contribution < 1.29 is 24.5 Å². The lowest BCUT2D eigenvalue weighted by Crippen LogP contribution is -2.38. The van der Waals surface area contributed by atoms with Crippen LogP contribution in [-0.2, 0) is 9.59 Å². The Balaban J connectivity index is 1.90. The van der Waals surface area contributed by atoms with Crippen LogP contribution in [0.4, 0.5) is 0 Å². The van der Waals surface area contributed by atoms with Gasteiger partial charge in [0.05, 0.1) is 23.9 Å². The number of aryl methyl sites for hydroxylation is 1. The third-order valence-corrected chi connectivity index (χ3v) is 6.62. The second-order valence-electron chi connectivity index (χ2n) is 8.65. The highest BCUT2D eigenvalue weighted by molar-refractivity contribution is 6.46. The number of likely N-dealkylation sites (tertiary alicyclic amines) is 1. The first-order chi connectivity index (χ1) is 17.3. The van der Waals surface area contributed by atoms with Gasteiger partial charge in [0.2, 0.25) is 0 Å². The summed E-state index contributed by atoms with van der Waals surface area (Å²) in [5.74, 6) is -1.51. The molecule has 1 unspecified atom stereocenters. The fourth-order valence-corrected chi connectivity index (χ4v) is 4.74. The number of rotatable bonds is 9. The number of hydrogen-bond donors (Lipinski definition) is 2. The number of imidazole rings is 1. The molecule has 4 rings (SSSR count). The number of ketones is 1. The molecule has 3 aromatic rings. The zero-order valence-corrected chi connectivity index (χ0v) is 21.1. The molecule has 2 N–H and O–H groups in total. The average molecular weight is 493 g/mol. The molecule has 0 spiro atoms. The van der Waals surface area contributed by atoms with E-state index in [-0.39, 0.29) is 22.8 Å². The van der Waals surface area contributed by atoms with Gasteiger partial charge in [-0.05, 0) is 56.8 Å². The minimum Gasteiger partial charge on any atom is -0.505 e. The Morgan fingerprint density at radius 2 is 1.89 bits per heavy atom. The van der Waals surface area contributed by atoms with Gasteiger partial charge in [0.1, 0.15) is 11.3 Å². The largest absolute Gasteiger partial charge is 0.505 e. The number of aromatic nitrogens is 2. The third kappa shape index (κ3) is 4.42.